The summed E-state index contributed by atoms with van der Waals surface area (Å²) in [7, 11) is 1.62. The van der Waals surface area contributed by atoms with Gasteiger partial charge in [-0.1, -0.05) is 225 Å². The second kappa shape index (κ2) is 43.5. The van der Waals surface area contributed by atoms with Gasteiger partial charge in [0.1, 0.15) is 13.2 Å². The highest BCUT2D eigenvalue weighted by atomic mass is 31.2. The van der Waals surface area contributed by atoms with Crippen molar-refractivity contribution in [3.63, 3.8) is 0 Å². The number of nitrogens with zero attached hydrogens (tertiary/aromatic N) is 1. The van der Waals surface area contributed by atoms with Crippen molar-refractivity contribution in [3.8, 4) is 0 Å². The Bertz CT molecular complexity index is 989. The number of rotatable bonds is 48. The summed E-state index contributed by atoms with van der Waals surface area (Å²) >= 11 is 0. The number of unbranched alkanes of at least 4 members (excludes halogenated alkanes) is 33. The van der Waals surface area contributed by atoms with E-state index in [0.717, 1.165) is 38.5 Å². The topological polar surface area (TPSA) is 105 Å². The highest BCUT2D eigenvalue weighted by Crippen LogP contribution is 2.43. The normalized spacial score (nSPS) is 14.2. The molecule has 0 bridgehead atoms. The number of aliphatic hydroxyl groups is 1. The lowest BCUT2D eigenvalue weighted by atomic mass is 10.0. The standard InChI is InChI=1S/C51H103N2O6P/c1-6-8-10-12-14-16-18-20-22-24-25-26-27-29-31-33-35-37-39-41-43-45-51(55)52-49(48-59-60(56,57)58-47-46-53(3,4)5)50(54)44-42-40-38-36-34-32-30-28-23-21-19-17-15-13-11-9-7-2/h26-27,49-50,54H,6-25,28-48H2,1-5H3,(H-,52,55,56,57)/p+1/b27-26-. The molecule has 0 aliphatic rings. The summed E-state index contributed by atoms with van der Waals surface area (Å²) in [5.74, 6) is -0.145. The van der Waals surface area contributed by atoms with Gasteiger partial charge in [0.25, 0.3) is 0 Å². The van der Waals surface area contributed by atoms with Gasteiger partial charge in [-0.3, -0.25) is 13.8 Å². The molecule has 60 heavy (non-hydrogen) atoms. The quantitative estimate of drug-likeness (QED) is 0.0243. The maximum absolute atomic E-state index is 12.9. The lowest BCUT2D eigenvalue weighted by Gasteiger charge is -2.26. The van der Waals surface area contributed by atoms with Gasteiger partial charge in [-0.25, -0.2) is 4.57 Å². The Morgan fingerprint density at radius 3 is 1.28 bits per heavy atom. The fraction of sp³-hybridized carbons (Fsp3) is 0.941. The molecule has 0 spiro atoms. The molecule has 0 heterocycles. The Hall–Kier alpha value is -0.760. The summed E-state index contributed by atoms with van der Waals surface area (Å²) in [5, 5.41) is 14.0. The van der Waals surface area contributed by atoms with Gasteiger partial charge in [0.2, 0.25) is 5.91 Å². The molecule has 0 radical (unpaired) electrons. The number of likely N-dealkylation sites (N-methyl/N-ethyl adjacent to an activating group) is 1. The summed E-state index contributed by atoms with van der Waals surface area (Å²) in [6.07, 6.45) is 51.0. The van der Waals surface area contributed by atoms with Crippen LogP contribution < -0.4 is 5.32 Å². The number of aliphatic hydroxyl groups excluding tert-OH is 1. The van der Waals surface area contributed by atoms with Gasteiger partial charge in [-0.2, -0.15) is 0 Å². The zero-order valence-corrected chi connectivity index (χ0v) is 41.6. The molecule has 0 aromatic carbocycles. The van der Waals surface area contributed by atoms with E-state index in [-0.39, 0.29) is 19.1 Å². The number of allylic oxidation sites excluding steroid dienone is 2. The molecule has 0 aliphatic heterocycles. The van der Waals surface area contributed by atoms with Crippen LogP contribution in [0.5, 0.6) is 0 Å². The van der Waals surface area contributed by atoms with Gasteiger partial charge >= 0.3 is 7.82 Å². The van der Waals surface area contributed by atoms with Crippen molar-refractivity contribution in [2.75, 3.05) is 40.9 Å². The van der Waals surface area contributed by atoms with Crippen LogP contribution in [0.4, 0.5) is 0 Å². The fourth-order valence-corrected chi connectivity index (χ4v) is 8.60. The maximum Gasteiger partial charge on any atom is 0.472 e. The predicted octanol–water partition coefficient (Wildman–Crippen LogP) is 15.1. The number of hydrogen-bond donors (Lipinski definition) is 3. The smallest absolute Gasteiger partial charge is 0.391 e. The molecule has 9 heteroatoms. The summed E-state index contributed by atoms with van der Waals surface area (Å²) in [6.45, 7) is 4.92. The zero-order chi connectivity index (χ0) is 44.3. The molecule has 0 rings (SSSR count). The first-order valence-corrected chi connectivity index (χ1v) is 27.5. The van der Waals surface area contributed by atoms with Crippen LogP contribution in [0.15, 0.2) is 12.2 Å². The van der Waals surface area contributed by atoms with E-state index in [0.29, 0.717) is 23.9 Å². The van der Waals surface area contributed by atoms with Gasteiger partial charge in [-0.15, -0.1) is 0 Å². The Kier molecular flexibility index (Phi) is 42.9. The minimum atomic E-state index is -4.32. The fourth-order valence-electron chi connectivity index (χ4n) is 7.87. The number of nitrogens with one attached hydrogen (secondary N) is 1. The molecule has 3 N–H and O–H groups in total. The second-order valence-electron chi connectivity index (χ2n) is 19.3. The zero-order valence-electron chi connectivity index (χ0n) is 40.7. The third kappa shape index (κ3) is 45.3. The van der Waals surface area contributed by atoms with Gasteiger partial charge in [0.05, 0.1) is 39.9 Å². The highest BCUT2D eigenvalue weighted by Gasteiger charge is 2.28. The van der Waals surface area contributed by atoms with Crippen LogP contribution in [0.2, 0.25) is 0 Å². The molecule has 0 aromatic heterocycles. The molecule has 0 aliphatic carbocycles. The monoisotopic (exact) mass is 872 g/mol. The minimum absolute atomic E-state index is 0.0760. The van der Waals surface area contributed by atoms with Crippen molar-refractivity contribution in [2.24, 2.45) is 0 Å². The third-order valence-corrected chi connectivity index (χ3v) is 13.0. The van der Waals surface area contributed by atoms with Crippen LogP contribution in [0.1, 0.15) is 258 Å². The van der Waals surface area contributed by atoms with Crippen LogP contribution in [0, 0.1) is 0 Å². The molecular formula is C51H104N2O6P+. The number of hydrogen-bond acceptors (Lipinski definition) is 5. The van der Waals surface area contributed by atoms with Crippen LogP contribution in [-0.4, -0.2) is 73.4 Å². The Balaban J connectivity index is 4.23. The molecule has 8 nitrogen and oxygen atoms in total. The van der Waals surface area contributed by atoms with Crippen molar-refractivity contribution in [1.29, 1.82) is 0 Å². The van der Waals surface area contributed by atoms with Gasteiger partial charge in [0, 0.05) is 6.42 Å². The first kappa shape index (κ1) is 59.2. The Labute approximate surface area is 373 Å². The number of amides is 1. The van der Waals surface area contributed by atoms with E-state index < -0.39 is 20.0 Å². The van der Waals surface area contributed by atoms with Crippen molar-refractivity contribution in [1.82, 2.24) is 5.32 Å². The minimum Gasteiger partial charge on any atom is -0.391 e. The third-order valence-electron chi connectivity index (χ3n) is 12.0. The Morgan fingerprint density at radius 1 is 0.550 bits per heavy atom. The SMILES string of the molecule is CCCCCCCCCCCC/C=C\CCCCCCCCCC(=O)NC(COP(=O)(O)OCC[N+](C)(C)C)C(O)CCCCCCCCCCCCCCCCCCC. The van der Waals surface area contributed by atoms with Crippen LogP contribution in [0.25, 0.3) is 0 Å². The van der Waals surface area contributed by atoms with Crippen molar-refractivity contribution in [3.05, 3.63) is 12.2 Å². The number of quaternary nitrogens is 1. The lowest BCUT2D eigenvalue weighted by molar-refractivity contribution is -0.870. The maximum atomic E-state index is 12.9. The van der Waals surface area contributed by atoms with E-state index in [1.165, 1.54) is 193 Å². The van der Waals surface area contributed by atoms with Crippen molar-refractivity contribution >= 4 is 13.7 Å². The van der Waals surface area contributed by atoms with Crippen LogP contribution >= 0.6 is 7.82 Å². The molecule has 0 saturated heterocycles. The van der Waals surface area contributed by atoms with Crippen molar-refractivity contribution in [2.45, 2.75) is 270 Å². The first-order valence-electron chi connectivity index (χ1n) is 26.1. The van der Waals surface area contributed by atoms with E-state index in [1.807, 2.05) is 21.1 Å². The molecule has 1 amide bonds. The number of carbonyl (C=O) groups excluding carboxylic acids is 1. The van der Waals surface area contributed by atoms with E-state index in [1.54, 1.807) is 0 Å². The summed E-state index contributed by atoms with van der Waals surface area (Å²) in [5.41, 5.74) is 0. The number of carbonyl (C=O) groups is 1. The molecule has 3 atom stereocenters. The molecule has 0 aromatic rings. The van der Waals surface area contributed by atoms with Gasteiger partial charge < -0.3 is 19.8 Å². The van der Waals surface area contributed by atoms with E-state index in [4.69, 9.17) is 9.05 Å². The van der Waals surface area contributed by atoms with Gasteiger partial charge in [-0.05, 0) is 38.5 Å². The average molecular weight is 872 g/mol. The van der Waals surface area contributed by atoms with E-state index >= 15 is 0 Å². The van der Waals surface area contributed by atoms with Crippen LogP contribution in [-0.2, 0) is 18.4 Å². The largest absolute Gasteiger partial charge is 0.472 e. The molecule has 3 unspecified atom stereocenters. The number of phosphoric acid groups is 1. The number of phosphoric ester groups is 1. The molecular weight excluding hydrogens is 768 g/mol. The summed E-state index contributed by atoms with van der Waals surface area (Å²) in [4.78, 5) is 23.3. The molecule has 358 valence electrons. The lowest BCUT2D eigenvalue weighted by Crippen LogP contribution is -2.46. The highest BCUT2D eigenvalue weighted by molar-refractivity contribution is 7.47. The Morgan fingerprint density at radius 2 is 0.900 bits per heavy atom. The van der Waals surface area contributed by atoms with E-state index in [2.05, 4.69) is 31.3 Å². The molecule has 0 saturated carbocycles. The van der Waals surface area contributed by atoms with E-state index in [9.17, 15) is 19.4 Å². The summed E-state index contributed by atoms with van der Waals surface area (Å²) < 4.78 is 23.7. The average Bonchev–Trinajstić information content (AvgIpc) is 3.20. The van der Waals surface area contributed by atoms with Gasteiger partial charge in [0.15, 0.2) is 0 Å². The van der Waals surface area contributed by atoms with Crippen molar-refractivity contribution < 1.29 is 32.9 Å². The van der Waals surface area contributed by atoms with Crippen LogP contribution in [0.3, 0.4) is 0 Å². The second-order valence-corrected chi connectivity index (χ2v) is 20.7. The predicted molar refractivity (Wildman–Crippen MR) is 259 cm³/mol. The summed E-state index contributed by atoms with van der Waals surface area (Å²) in [6, 6.07) is -0.759. The first-order chi connectivity index (χ1) is 29.0. The molecule has 0 fully saturated rings.